The third kappa shape index (κ3) is 4.20. The molecule has 0 spiro atoms. The largest absolute Gasteiger partial charge is 0.368 e. The summed E-state index contributed by atoms with van der Waals surface area (Å²) in [6.45, 7) is 6.60. The van der Waals surface area contributed by atoms with Crippen molar-refractivity contribution < 1.29 is 9.59 Å². The lowest BCUT2D eigenvalue weighted by atomic mass is 10.1. The van der Waals surface area contributed by atoms with Gasteiger partial charge in [0.25, 0.3) is 0 Å². The van der Waals surface area contributed by atoms with Crippen LogP contribution in [-0.4, -0.2) is 42.8 Å². The van der Waals surface area contributed by atoms with Gasteiger partial charge in [-0.05, 0) is 55.3 Å². The summed E-state index contributed by atoms with van der Waals surface area (Å²) in [5, 5.41) is 0. The number of carbonyl (C=O) groups is 2. The molecule has 0 unspecified atom stereocenters. The van der Waals surface area contributed by atoms with E-state index in [1.165, 1.54) is 0 Å². The van der Waals surface area contributed by atoms with Crippen molar-refractivity contribution >= 4 is 23.5 Å². The van der Waals surface area contributed by atoms with Crippen LogP contribution in [0.25, 0.3) is 6.08 Å². The highest BCUT2D eigenvalue weighted by Crippen LogP contribution is 2.18. The fraction of sp³-hybridized carbons (Fsp3) is 0.273. The van der Waals surface area contributed by atoms with Crippen LogP contribution < -0.4 is 4.90 Å². The first-order valence-corrected chi connectivity index (χ1v) is 8.93. The summed E-state index contributed by atoms with van der Waals surface area (Å²) in [6.07, 6.45) is 3.56. The van der Waals surface area contributed by atoms with E-state index in [1.54, 1.807) is 13.0 Å². The van der Waals surface area contributed by atoms with E-state index in [1.807, 2.05) is 66.4 Å². The topological polar surface area (TPSA) is 40.6 Å². The maximum Gasteiger partial charge on any atom is 0.246 e. The van der Waals surface area contributed by atoms with Gasteiger partial charge in [-0.2, -0.15) is 0 Å². The van der Waals surface area contributed by atoms with Crippen LogP contribution in [0.1, 0.15) is 28.4 Å². The Bertz CT molecular complexity index is 816. The summed E-state index contributed by atoms with van der Waals surface area (Å²) in [4.78, 5) is 27.9. The first-order valence-electron chi connectivity index (χ1n) is 8.93. The Morgan fingerprint density at radius 3 is 2.19 bits per heavy atom. The van der Waals surface area contributed by atoms with Crippen LogP contribution >= 0.6 is 0 Å². The van der Waals surface area contributed by atoms with E-state index in [0.29, 0.717) is 13.1 Å². The van der Waals surface area contributed by atoms with Gasteiger partial charge in [0.1, 0.15) is 0 Å². The molecule has 0 aliphatic carbocycles. The quantitative estimate of drug-likeness (QED) is 0.627. The summed E-state index contributed by atoms with van der Waals surface area (Å²) in [5.41, 5.74) is 4.06. The van der Waals surface area contributed by atoms with Gasteiger partial charge >= 0.3 is 0 Å². The Labute approximate surface area is 154 Å². The maximum atomic E-state index is 12.4. The van der Waals surface area contributed by atoms with E-state index in [0.717, 1.165) is 35.5 Å². The molecule has 1 amide bonds. The lowest BCUT2D eigenvalue weighted by Crippen LogP contribution is -2.48. The number of benzene rings is 2. The smallest absolute Gasteiger partial charge is 0.246 e. The van der Waals surface area contributed by atoms with Crippen LogP contribution in [-0.2, 0) is 4.79 Å². The number of hydrogen-bond donors (Lipinski definition) is 0. The molecule has 1 saturated heterocycles. The zero-order chi connectivity index (χ0) is 18.5. The first kappa shape index (κ1) is 17.9. The number of nitrogens with zero attached hydrogens (tertiary/aromatic N) is 2. The van der Waals surface area contributed by atoms with E-state index < -0.39 is 0 Å². The third-order valence-electron chi connectivity index (χ3n) is 4.82. The summed E-state index contributed by atoms with van der Waals surface area (Å²) in [5.74, 6) is 0.132. The molecule has 3 rings (SSSR count). The lowest BCUT2D eigenvalue weighted by Gasteiger charge is -2.35. The standard InChI is InChI=1S/C22H24N2O2/c1-17-5-3-4-6-19(17)9-12-22(26)24-15-13-23(14-16-24)21-10-7-20(8-11-21)18(2)25/h3-12H,13-16H2,1-2H3/b12-9+. The van der Waals surface area contributed by atoms with E-state index in [2.05, 4.69) is 4.90 Å². The summed E-state index contributed by atoms with van der Waals surface area (Å²) in [7, 11) is 0. The molecule has 0 radical (unpaired) electrons. The fourth-order valence-corrected chi connectivity index (χ4v) is 3.13. The number of amides is 1. The number of aryl methyl sites for hydroxylation is 1. The molecular formula is C22H24N2O2. The van der Waals surface area contributed by atoms with Crippen molar-refractivity contribution in [1.29, 1.82) is 0 Å². The lowest BCUT2D eigenvalue weighted by molar-refractivity contribution is -0.126. The van der Waals surface area contributed by atoms with Gasteiger partial charge in [0.2, 0.25) is 5.91 Å². The molecular weight excluding hydrogens is 324 g/mol. The molecule has 4 heteroatoms. The van der Waals surface area contributed by atoms with Crippen molar-refractivity contribution in [2.75, 3.05) is 31.1 Å². The molecule has 2 aromatic rings. The molecule has 0 atom stereocenters. The number of hydrogen-bond acceptors (Lipinski definition) is 3. The minimum atomic E-state index is 0.0554. The highest BCUT2D eigenvalue weighted by Gasteiger charge is 2.19. The number of ketones is 1. The Morgan fingerprint density at radius 1 is 0.923 bits per heavy atom. The predicted octanol–water partition coefficient (Wildman–Crippen LogP) is 3.56. The van der Waals surface area contributed by atoms with Gasteiger partial charge in [0, 0.05) is 43.5 Å². The van der Waals surface area contributed by atoms with E-state index in [4.69, 9.17) is 0 Å². The first-order chi connectivity index (χ1) is 12.5. The molecule has 0 N–H and O–H groups in total. The molecule has 1 aliphatic heterocycles. The van der Waals surface area contributed by atoms with Gasteiger partial charge in [0.15, 0.2) is 5.78 Å². The van der Waals surface area contributed by atoms with Crippen molar-refractivity contribution in [3.8, 4) is 0 Å². The highest BCUT2D eigenvalue weighted by atomic mass is 16.2. The second-order valence-electron chi connectivity index (χ2n) is 6.61. The normalized spacial score (nSPS) is 14.7. The van der Waals surface area contributed by atoms with Gasteiger partial charge in [-0.3, -0.25) is 9.59 Å². The second kappa shape index (κ2) is 8.00. The van der Waals surface area contributed by atoms with Crippen LogP contribution in [0.2, 0.25) is 0 Å². The highest BCUT2D eigenvalue weighted by molar-refractivity contribution is 5.94. The molecule has 0 saturated carbocycles. The molecule has 0 aromatic heterocycles. The second-order valence-corrected chi connectivity index (χ2v) is 6.61. The number of piperazine rings is 1. The Morgan fingerprint density at radius 2 is 1.58 bits per heavy atom. The number of carbonyl (C=O) groups excluding carboxylic acids is 2. The van der Waals surface area contributed by atoms with Crippen LogP contribution in [0, 0.1) is 6.92 Å². The van der Waals surface area contributed by atoms with Gasteiger partial charge in [-0.15, -0.1) is 0 Å². The maximum absolute atomic E-state index is 12.4. The summed E-state index contributed by atoms with van der Waals surface area (Å²) in [6, 6.07) is 15.7. The van der Waals surface area contributed by atoms with Crippen LogP contribution in [0.4, 0.5) is 5.69 Å². The average Bonchev–Trinajstić information content (AvgIpc) is 2.67. The van der Waals surface area contributed by atoms with E-state index in [9.17, 15) is 9.59 Å². The SMILES string of the molecule is CC(=O)c1ccc(N2CCN(C(=O)/C=C/c3ccccc3C)CC2)cc1. The van der Waals surface area contributed by atoms with Gasteiger partial charge in [-0.1, -0.05) is 24.3 Å². The molecule has 1 fully saturated rings. The Hall–Kier alpha value is -2.88. The minimum Gasteiger partial charge on any atom is -0.368 e. The van der Waals surface area contributed by atoms with Crippen molar-refractivity contribution in [3.05, 3.63) is 71.3 Å². The molecule has 134 valence electrons. The monoisotopic (exact) mass is 348 g/mol. The molecule has 4 nitrogen and oxygen atoms in total. The number of rotatable bonds is 4. The molecule has 1 aliphatic rings. The number of Topliss-reactive ketones (excluding diaryl/α,β-unsaturated/α-hetero) is 1. The van der Waals surface area contributed by atoms with Gasteiger partial charge in [0.05, 0.1) is 0 Å². The number of anilines is 1. The molecule has 26 heavy (non-hydrogen) atoms. The third-order valence-corrected chi connectivity index (χ3v) is 4.82. The zero-order valence-electron chi connectivity index (χ0n) is 15.3. The summed E-state index contributed by atoms with van der Waals surface area (Å²) < 4.78 is 0. The minimum absolute atomic E-state index is 0.0554. The van der Waals surface area contributed by atoms with E-state index in [-0.39, 0.29) is 11.7 Å². The summed E-state index contributed by atoms with van der Waals surface area (Å²) >= 11 is 0. The van der Waals surface area contributed by atoms with Gasteiger partial charge < -0.3 is 9.80 Å². The Balaban J connectivity index is 1.57. The van der Waals surface area contributed by atoms with Gasteiger partial charge in [-0.25, -0.2) is 0 Å². The molecule has 1 heterocycles. The van der Waals surface area contributed by atoms with Crippen LogP contribution in [0.3, 0.4) is 0 Å². The fourth-order valence-electron chi connectivity index (χ4n) is 3.13. The van der Waals surface area contributed by atoms with Crippen LogP contribution in [0.15, 0.2) is 54.6 Å². The van der Waals surface area contributed by atoms with Crippen molar-refractivity contribution in [2.24, 2.45) is 0 Å². The van der Waals surface area contributed by atoms with Crippen molar-refractivity contribution in [2.45, 2.75) is 13.8 Å². The predicted molar refractivity (Wildman–Crippen MR) is 105 cm³/mol. The van der Waals surface area contributed by atoms with E-state index >= 15 is 0 Å². The molecule has 2 aromatic carbocycles. The average molecular weight is 348 g/mol. The molecule has 0 bridgehead atoms. The zero-order valence-corrected chi connectivity index (χ0v) is 15.3. The Kier molecular flexibility index (Phi) is 5.52. The van der Waals surface area contributed by atoms with Crippen molar-refractivity contribution in [1.82, 2.24) is 4.90 Å². The van der Waals surface area contributed by atoms with Crippen LogP contribution in [0.5, 0.6) is 0 Å². The van der Waals surface area contributed by atoms with Crippen molar-refractivity contribution in [3.63, 3.8) is 0 Å².